The molecule has 1 aliphatic rings. The highest BCUT2D eigenvalue weighted by Gasteiger charge is 2.21. The number of thioether (sulfide) groups is 1. The van der Waals surface area contributed by atoms with Gasteiger partial charge < -0.3 is 15.5 Å². The first-order valence-corrected chi connectivity index (χ1v) is 8.31. The van der Waals surface area contributed by atoms with E-state index in [1.807, 2.05) is 37.8 Å². The lowest BCUT2D eigenvalue weighted by atomic mass is 9.95. The van der Waals surface area contributed by atoms with Crippen molar-refractivity contribution in [3.05, 3.63) is 0 Å². The van der Waals surface area contributed by atoms with Crippen LogP contribution < -0.4 is 15.5 Å². The van der Waals surface area contributed by atoms with Gasteiger partial charge in [-0.3, -0.25) is 0 Å². The molecule has 0 aliphatic heterocycles. The molecule has 0 spiro atoms. The van der Waals surface area contributed by atoms with Crippen molar-refractivity contribution in [2.45, 2.75) is 37.0 Å². The van der Waals surface area contributed by atoms with Gasteiger partial charge in [0.1, 0.15) is 0 Å². The third kappa shape index (κ3) is 3.88. The summed E-state index contributed by atoms with van der Waals surface area (Å²) in [6, 6.07) is 0.473. The number of rotatable bonds is 5. The number of hydrogen-bond acceptors (Lipinski definition) is 7. The molecule has 0 saturated heterocycles. The molecule has 0 bridgehead atoms. The molecule has 0 amide bonds. The number of nitrogens with zero attached hydrogens (tertiary/aromatic N) is 4. The SMILES string of the molecule is CNc1nc(NC2CCC(SC)CC2)nc(N(C)C)n1. The molecule has 0 unspecified atom stereocenters. The van der Waals surface area contributed by atoms with Gasteiger partial charge in [-0.25, -0.2) is 0 Å². The summed E-state index contributed by atoms with van der Waals surface area (Å²) in [6.07, 6.45) is 7.10. The second-order valence-corrected chi connectivity index (χ2v) is 6.42. The molecule has 20 heavy (non-hydrogen) atoms. The van der Waals surface area contributed by atoms with Gasteiger partial charge in [-0.05, 0) is 31.9 Å². The van der Waals surface area contributed by atoms with Crippen LogP contribution in [0.3, 0.4) is 0 Å². The molecular weight excluding hydrogens is 272 g/mol. The molecule has 6 nitrogen and oxygen atoms in total. The maximum Gasteiger partial charge on any atom is 0.231 e. The van der Waals surface area contributed by atoms with E-state index in [9.17, 15) is 0 Å². The van der Waals surface area contributed by atoms with Crippen LogP contribution in [0, 0.1) is 0 Å². The van der Waals surface area contributed by atoms with E-state index in [2.05, 4.69) is 31.8 Å². The van der Waals surface area contributed by atoms with Crippen LogP contribution in [0.4, 0.5) is 17.8 Å². The zero-order valence-corrected chi connectivity index (χ0v) is 13.5. The van der Waals surface area contributed by atoms with Crippen molar-refractivity contribution in [1.29, 1.82) is 0 Å². The zero-order chi connectivity index (χ0) is 14.5. The summed E-state index contributed by atoms with van der Waals surface area (Å²) in [4.78, 5) is 15.1. The Labute approximate surface area is 125 Å². The van der Waals surface area contributed by atoms with Gasteiger partial charge in [0.2, 0.25) is 17.8 Å². The van der Waals surface area contributed by atoms with Crippen molar-refractivity contribution < 1.29 is 0 Å². The number of anilines is 3. The van der Waals surface area contributed by atoms with E-state index in [4.69, 9.17) is 0 Å². The Bertz CT molecular complexity index is 431. The Balaban J connectivity index is 2.03. The Morgan fingerprint density at radius 3 is 2.25 bits per heavy atom. The average Bonchev–Trinajstić information content (AvgIpc) is 2.47. The molecule has 2 rings (SSSR count). The summed E-state index contributed by atoms with van der Waals surface area (Å²) in [5.41, 5.74) is 0. The van der Waals surface area contributed by atoms with Crippen molar-refractivity contribution in [2.24, 2.45) is 0 Å². The first-order chi connectivity index (χ1) is 9.62. The van der Waals surface area contributed by atoms with Crippen molar-refractivity contribution >= 4 is 29.6 Å². The van der Waals surface area contributed by atoms with Crippen LogP contribution in [0.15, 0.2) is 0 Å². The average molecular weight is 296 g/mol. The lowest BCUT2D eigenvalue weighted by molar-refractivity contribution is 0.471. The standard InChI is InChI=1S/C13H24N6S/c1-14-11-16-12(18-13(17-11)19(2)3)15-9-5-7-10(20-4)8-6-9/h9-10H,5-8H2,1-4H3,(H2,14,15,16,17,18). The van der Waals surface area contributed by atoms with Crippen LogP contribution in [0.25, 0.3) is 0 Å². The first kappa shape index (κ1) is 15.2. The molecule has 2 N–H and O–H groups in total. The Hall–Kier alpha value is -1.24. The van der Waals surface area contributed by atoms with Gasteiger partial charge >= 0.3 is 0 Å². The van der Waals surface area contributed by atoms with Gasteiger partial charge in [-0.15, -0.1) is 0 Å². The van der Waals surface area contributed by atoms with Crippen molar-refractivity contribution in [1.82, 2.24) is 15.0 Å². The molecule has 7 heteroatoms. The van der Waals surface area contributed by atoms with Gasteiger partial charge in [-0.2, -0.15) is 26.7 Å². The fraction of sp³-hybridized carbons (Fsp3) is 0.769. The van der Waals surface area contributed by atoms with Crippen molar-refractivity contribution in [3.63, 3.8) is 0 Å². The first-order valence-electron chi connectivity index (χ1n) is 7.03. The molecular formula is C13H24N6S. The minimum Gasteiger partial charge on any atom is -0.357 e. The number of aromatic nitrogens is 3. The third-order valence-electron chi connectivity index (χ3n) is 3.59. The minimum atomic E-state index is 0.473. The van der Waals surface area contributed by atoms with Crippen molar-refractivity contribution in [3.8, 4) is 0 Å². The molecule has 112 valence electrons. The lowest BCUT2D eigenvalue weighted by Crippen LogP contribution is -2.28. The van der Waals surface area contributed by atoms with Gasteiger partial charge in [-0.1, -0.05) is 0 Å². The maximum absolute atomic E-state index is 4.46. The molecule has 0 atom stereocenters. The summed E-state index contributed by atoms with van der Waals surface area (Å²) in [7, 11) is 5.69. The van der Waals surface area contributed by atoms with E-state index in [-0.39, 0.29) is 0 Å². The molecule has 1 aliphatic carbocycles. The zero-order valence-electron chi connectivity index (χ0n) is 12.7. The Morgan fingerprint density at radius 1 is 1.05 bits per heavy atom. The van der Waals surface area contributed by atoms with Crippen LogP contribution in [0.2, 0.25) is 0 Å². The summed E-state index contributed by atoms with van der Waals surface area (Å²) in [5, 5.41) is 7.26. The molecule has 1 aromatic heterocycles. The van der Waals surface area contributed by atoms with Crippen LogP contribution in [-0.2, 0) is 0 Å². The summed E-state index contributed by atoms with van der Waals surface area (Å²) in [6.45, 7) is 0. The van der Waals surface area contributed by atoms with Crippen LogP contribution in [-0.4, -0.2) is 53.6 Å². The smallest absolute Gasteiger partial charge is 0.231 e. The largest absolute Gasteiger partial charge is 0.357 e. The number of nitrogens with one attached hydrogen (secondary N) is 2. The highest BCUT2D eigenvalue weighted by molar-refractivity contribution is 7.99. The van der Waals surface area contributed by atoms with Gasteiger partial charge in [0.15, 0.2) is 0 Å². The molecule has 1 heterocycles. The van der Waals surface area contributed by atoms with E-state index < -0.39 is 0 Å². The predicted molar refractivity (Wildman–Crippen MR) is 86.9 cm³/mol. The predicted octanol–water partition coefficient (Wildman–Crippen LogP) is 2.07. The maximum atomic E-state index is 4.46. The minimum absolute atomic E-state index is 0.473. The second kappa shape index (κ2) is 6.97. The lowest BCUT2D eigenvalue weighted by Gasteiger charge is -2.28. The fourth-order valence-electron chi connectivity index (χ4n) is 2.37. The number of hydrogen-bond donors (Lipinski definition) is 2. The molecule has 1 fully saturated rings. The van der Waals surface area contributed by atoms with Gasteiger partial charge in [0.25, 0.3) is 0 Å². The Morgan fingerprint density at radius 2 is 1.70 bits per heavy atom. The van der Waals surface area contributed by atoms with E-state index in [0.717, 1.165) is 5.25 Å². The van der Waals surface area contributed by atoms with Gasteiger partial charge in [0, 0.05) is 32.4 Å². The van der Waals surface area contributed by atoms with E-state index in [1.54, 1.807) is 0 Å². The summed E-state index contributed by atoms with van der Waals surface area (Å²) in [5.74, 6) is 1.94. The van der Waals surface area contributed by atoms with Crippen LogP contribution in [0.5, 0.6) is 0 Å². The monoisotopic (exact) mass is 296 g/mol. The van der Waals surface area contributed by atoms with E-state index in [0.29, 0.717) is 23.9 Å². The van der Waals surface area contributed by atoms with Crippen LogP contribution >= 0.6 is 11.8 Å². The summed E-state index contributed by atoms with van der Waals surface area (Å²) >= 11 is 1.98. The van der Waals surface area contributed by atoms with E-state index in [1.165, 1.54) is 25.7 Å². The highest BCUT2D eigenvalue weighted by Crippen LogP contribution is 2.28. The van der Waals surface area contributed by atoms with Crippen molar-refractivity contribution in [2.75, 3.05) is 42.9 Å². The highest BCUT2D eigenvalue weighted by atomic mass is 32.2. The topological polar surface area (TPSA) is 66.0 Å². The van der Waals surface area contributed by atoms with Crippen LogP contribution in [0.1, 0.15) is 25.7 Å². The molecule has 1 saturated carbocycles. The molecule has 0 aromatic carbocycles. The molecule has 0 radical (unpaired) electrons. The molecule has 1 aromatic rings. The summed E-state index contributed by atoms with van der Waals surface area (Å²) < 4.78 is 0. The van der Waals surface area contributed by atoms with E-state index >= 15 is 0 Å². The normalized spacial score (nSPS) is 22.4. The van der Waals surface area contributed by atoms with Gasteiger partial charge in [0.05, 0.1) is 0 Å². The second-order valence-electron chi connectivity index (χ2n) is 5.28. The third-order valence-corrected chi connectivity index (χ3v) is 4.73. The Kier molecular flexibility index (Phi) is 5.28. The quantitative estimate of drug-likeness (QED) is 0.862. The fourth-order valence-corrected chi connectivity index (χ4v) is 3.11.